The highest BCUT2D eigenvalue weighted by Gasteiger charge is 2.54. The monoisotopic (exact) mass is 383 g/mol. The zero-order chi connectivity index (χ0) is 20.7. The molecule has 0 radical (unpaired) electrons. The van der Waals surface area contributed by atoms with Crippen molar-refractivity contribution in [1.82, 2.24) is 4.90 Å². The van der Waals surface area contributed by atoms with E-state index in [0.29, 0.717) is 18.7 Å². The van der Waals surface area contributed by atoms with E-state index in [2.05, 4.69) is 0 Å². The van der Waals surface area contributed by atoms with Crippen LogP contribution in [0.5, 0.6) is 0 Å². The topological polar surface area (TPSA) is 101 Å². The molecule has 1 heterocycles. The van der Waals surface area contributed by atoms with Crippen LogP contribution in [0.4, 0.5) is 13.2 Å². The minimum absolute atomic E-state index is 0.0735. The molecule has 0 amide bonds. The molecule has 0 spiro atoms. The minimum atomic E-state index is -4.56. The van der Waals surface area contributed by atoms with E-state index in [1.165, 1.54) is 12.1 Å². The van der Waals surface area contributed by atoms with Crippen molar-refractivity contribution in [2.75, 3.05) is 20.1 Å². The van der Waals surface area contributed by atoms with Gasteiger partial charge in [0.15, 0.2) is 5.41 Å². The molecule has 3 rings (SSSR count). The second-order valence-electron chi connectivity index (χ2n) is 7.02. The number of halogens is 3. The van der Waals surface area contributed by atoms with Crippen molar-refractivity contribution < 1.29 is 13.2 Å². The van der Waals surface area contributed by atoms with Gasteiger partial charge in [-0.05, 0) is 24.3 Å². The van der Waals surface area contributed by atoms with Gasteiger partial charge in [0.25, 0.3) is 0 Å². The molecule has 142 valence electrons. The highest BCUT2D eigenvalue weighted by Crippen LogP contribution is 2.54. The van der Waals surface area contributed by atoms with Gasteiger partial charge in [-0.1, -0.05) is 24.3 Å². The van der Waals surface area contributed by atoms with Gasteiger partial charge in [0.05, 0.1) is 29.0 Å². The molecule has 0 saturated heterocycles. The fourth-order valence-electron chi connectivity index (χ4n) is 4.11. The summed E-state index contributed by atoms with van der Waals surface area (Å²) in [6.07, 6.45) is -2.77. The summed E-state index contributed by atoms with van der Waals surface area (Å²) in [6, 6.07) is 10.4. The Hall–Kier alpha value is -3.28. The molecule has 2 N–H and O–H groups in total. The Morgan fingerprint density at radius 2 is 1.89 bits per heavy atom. The zero-order valence-electron chi connectivity index (χ0n) is 15.0. The first kappa shape index (κ1) is 19.5. The highest BCUT2D eigenvalue weighted by molar-refractivity contribution is 5.59. The molecule has 1 aromatic rings. The van der Waals surface area contributed by atoms with Gasteiger partial charge in [0.2, 0.25) is 0 Å². The third-order valence-corrected chi connectivity index (χ3v) is 5.42. The second kappa shape index (κ2) is 6.71. The summed E-state index contributed by atoms with van der Waals surface area (Å²) in [4.78, 5) is 1.92. The molecule has 8 heteroatoms. The molecule has 0 unspecified atom stereocenters. The number of allylic oxidation sites excluding steroid dienone is 2. The fraction of sp³-hybridized carbons (Fsp3) is 0.350. The smallest absolute Gasteiger partial charge is 0.399 e. The summed E-state index contributed by atoms with van der Waals surface area (Å²) in [7, 11) is 1.82. The van der Waals surface area contributed by atoms with Crippen molar-refractivity contribution >= 4 is 0 Å². The maximum absolute atomic E-state index is 13.3. The molecule has 28 heavy (non-hydrogen) atoms. The van der Waals surface area contributed by atoms with Crippen molar-refractivity contribution in [2.45, 2.75) is 12.1 Å². The largest absolute Gasteiger partial charge is 0.416 e. The predicted octanol–water partition coefficient (Wildman–Crippen LogP) is 3.06. The van der Waals surface area contributed by atoms with Crippen LogP contribution in [0.1, 0.15) is 17.0 Å². The standard InChI is InChI=1S/C20H16F3N5/c1-28-6-5-14-15(8-24)18(27)19(10-25,11-26)17(16(14)9-28)12-3-2-4-13(7-12)20(21,22)23/h2-5,7,16-17H,6,9,27H2,1H3/t16-,17-/m1/s1. The van der Waals surface area contributed by atoms with Crippen molar-refractivity contribution in [3.63, 3.8) is 0 Å². The average molecular weight is 383 g/mol. The quantitative estimate of drug-likeness (QED) is 0.803. The van der Waals surface area contributed by atoms with Crippen LogP contribution in [0.15, 0.2) is 47.2 Å². The number of nitriles is 3. The number of likely N-dealkylation sites (N-methyl/N-ethyl adjacent to an activating group) is 1. The number of nitrogens with zero attached hydrogens (tertiary/aromatic N) is 4. The number of hydrogen-bond donors (Lipinski definition) is 1. The molecule has 1 aliphatic heterocycles. The number of nitrogens with two attached hydrogens (primary N) is 1. The summed E-state index contributed by atoms with van der Waals surface area (Å²) < 4.78 is 39.8. The highest BCUT2D eigenvalue weighted by atomic mass is 19.4. The molecule has 2 aliphatic rings. The van der Waals surface area contributed by atoms with Crippen LogP contribution in [0, 0.1) is 45.3 Å². The van der Waals surface area contributed by atoms with Gasteiger partial charge in [-0.2, -0.15) is 29.0 Å². The fourth-order valence-corrected chi connectivity index (χ4v) is 4.11. The molecular weight excluding hydrogens is 367 g/mol. The lowest BCUT2D eigenvalue weighted by molar-refractivity contribution is -0.137. The Morgan fingerprint density at radius 3 is 2.46 bits per heavy atom. The van der Waals surface area contributed by atoms with E-state index in [9.17, 15) is 29.0 Å². The van der Waals surface area contributed by atoms with Gasteiger partial charge in [-0.25, -0.2) is 0 Å². The van der Waals surface area contributed by atoms with Crippen molar-refractivity contribution in [2.24, 2.45) is 17.1 Å². The van der Waals surface area contributed by atoms with Crippen molar-refractivity contribution in [3.8, 4) is 18.2 Å². The summed E-state index contributed by atoms with van der Waals surface area (Å²) in [5.41, 5.74) is 3.98. The van der Waals surface area contributed by atoms with Gasteiger partial charge in [0.1, 0.15) is 6.07 Å². The van der Waals surface area contributed by atoms with Gasteiger partial charge in [-0.3, -0.25) is 0 Å². The lowest BCUT2D eigenvalue weighted by Gasteiger charge is -2.45. The second-order valence-corrected chi connectivity index (χ2v) is 7.02. The van der Waals surface area contributed by atoms with Crippen LogP contribution < -0.4 is 5.73 Å². The SMILES string of the molecule is CN1CC=C2C(C#N)=C(N)C(C#N)(C#N)[C@H](c3cccc(C(F)(F)F)c3)[C@@H]2C1. The van der Waals surface area contributed by atoms with Crippen LogP contribution in [-0.2, 0) is 6.18 Å². The van der Waals surface area contributed by atoms with E-state index in [-0.39, 0.29) is 16.8 Å². The van der Waals surface area contributed by atoms with Crippen LogP contribution in [0.3, 0.4) is 0 Å². The Labute approximate surface area is 160 Å². The van der Waals surface area contributed by atoms with Crippen LogP contribution in [-0.4, -0.2) is 25.0 Å². The predicted molar refractivity (Wildman–Crippen MR) is 93.7 cm³/mol. The average Bonchev–Trinajstić information content (AvgIpc) is 2.67. The summed E-state index contributed by atoms with van der Waals surface area (Å²) >= 11 is 0. The number of rotatable bonds is 1. The van der Waals surface area contributed by atoms with Crippen LogP contribution in [0.25, 0.3) is 0 Å². The van der Waals surface area contributed by atoms with Gasteiger partial charge < -0.3 is 10.6 Å². The Balaban J connectivity index is 2.32. The number of hydrogen-bond acceptors (Lipinski definition) is 5. The van der Waals surface area contributed by atoms with Gasteiger partial charge in [0, 0.05) is 24.9 Å². The maximum Gasteiger partial charge on any atom is 0.416 e. The summed E-state index contributed by atoms with van der Waals surface area (Å²) in [5, 5.41) is 29.4. The molecule has 2 atom stereocenters. The van der Waals surface area contributed by atoms with Crippen molar-refractivity contribution in [3.05, 3.63) is 58.3 Å². The Bertz CT molecular complexity index is 986. The van der Waals surface area contributed by atoms with E-state index >= 15 is 0 Å². The summed E-state index contributed by atoms with van der Waals surface area (Å²) in [6.45, 7) is 0.919. The zero-order valence-corrected chi connectivity index (χ0v) is 15.0. The van der Waals surface area contributed by atoms with E-state index in [0.717, 1.165) is 12.1 Å². The summed E-state index contributed by atoms with van der Waals surface area (Å²) in [5.74, 6) is -1.45. The molecular formula is C20H16F3N5. The van der Waals surface area contributed by atoms with Crippen LogP contribution in [0.2, 0.25) is 0 Å². The lowest BCUT2D eigenvalue weighted by atomic mass is 9.58. The van der Waals surface area contributed by atoms with E-state index in [1.807, 2.05) is 30.2 Å². The number of fused-ring (bicyclic) bond motifs is 1. The molecule has 1 aliphatic carbocycles. The molecule has 1 aromatic carbocycles. The van der Waals surface area contributed by atoms with E-state index in [1.54, 1.807) is 6.08 Å². The minimum Gasteiger partial charge on any atom is -0.399 e. The lowest BCUT2D eigenvalue weighted by Crippen LogP contribution is -2.47. The van der Waals surface area contributed by atoms with E-state index < -0.39 is 29.0 Å². The van der Waals surface area contributed by atoms with E-state index in [4.69, 9.17) is 5.73 Å². The van der Waals surface area contributed by atoms with Gasteiger partial charge >= 0.3 is 6.18 Å². The number of alkyl halides is 3. The third-order valence-electron chi connectivity index (χ3n) is 5.42. The molecule has 0 aromatic heterocycles. The first-order valence-electron chi connectivity index (χ1n) is 8.48. The van der Waals surface area contributed by atoms with Crippen LogP contribution >= 0.6 is 0 Å². The first-order valence-corrected chi connectivity index (χ1v) is 8.48. The molecule has 0 fully saturated rings. The van der Waals surface area contributed by atoms with Crippen molar-refractivity contribution in [1.29, 1.82) is 15.8 Å². The Kier molecular flexibility index (Phi) is 4.67. The first-order chi connectivity index (χ1) is 13.2. The number of benzene rings is 1. The van der Waals surface area contributed by atoms with Gasteiger partial charge in [-0.15, -0.1) is 0 Å². The molecule has 0 bridgehead atoms. The molecule has 0 saturated carbocycles. The third kappa shape index (κ3) is 2.81. The molecule has 5 nitrogen and oxygen atoms in total. The normalized spacial score (nSPS) is 24.4. The Morgan fingerprint density at radius 1 is 1.21 bits per heavy atom. The maximum atomic E-state index is 13.3.